The van der Waals surface area contributed by atoms with Gasteiger partial charge in [0.2, 0.25) is 0 Å². The van der Waals surface area contributed by atoms with Gasteiger partial charge in [0.15, 0.2) is 0 Å². The van der Waals surface area contributed by atoms with Crippen molar-refractivity contribution < 1.29 is 0 Å². The predicted molar refractivity (Wildman–Crippen MR) is 184 cm³/mol. The minimum Gasteiger partial charge on any atom is -0.309 e. The molecular weight excluding hydrogens is 532 g/mol. The summed E-state index contributed by atoms with van der Waals surface area (Å²) in [5.74, 6) is 1.40. The quantitative estimate of drug-likeness (QED) is 0.193. The normalized spacial score (nSPS) is 16.8. The first-order chi connectivity index (χ1) is 21.8. The molecule has 9 rings (SSSR count). The summed E-state index contributed by atoms with van der Waals surface area (Å²) in [6.07, 6.45) is 6.13. The number of fused-ring (bicyclic) bond motifs is 9. The van der Waals surface area contributed by atoms with Crippen LogP contribution in [-0.4, -0.2) is 4.98 Å². The van der Waals surface area contributed by atoms with E-state index >= 15 is 0 Å². The lowest BCUT2D eigenvalue weighted by molar-refractivity contribution is 0.719. The maximum Gasteiger partial charge on any atom is 0.0784 e. The van der Waals surface area contributed by atoms with Gasteiger partial charge in [-0.3, -0.25) is 4.98 Å². The second kappa shape index (κ2) is 10.2. The number of pyridine rings is 1. The van der Waals surface area contributed by atoms with Crippen LogP contribution in [0.1, 0.15) is 42.2 Å². The average Bonchev–Trinajstić information content (AvgIpc) is 3.73. The number of hydrogen-bond donors (Lipinski definition) is 0. The lowest BCUT2D eigenvalue weighted by Crippen LogP contribution is -2.12. The molecule has 0 aliphatic heterocycles. The van der Waals surface area contributed by atoms with Crippen LogP contribution in [-0.2, 0) is 0 Å². The van der Waals surface area contributed by atoms with Crippen LogP contribution in [0.2, 0.25) is 0 Å². The first kappa shape index (κ1) is 25.3. The van der Waals surface area contributed by atoms with E-state index in [4.69, 9.17) is 4.98 Å². The topological polar surface area (TPSA) is 16.1 Å². The largest absolute Gasteiger partial charge is 0.309 e. The minimum absolute atomic E-state index is 0.693. The summed E-state index contributed by atoms with van der Waals surface area (Å²) in [5.41, 5.74) is 12.5. The summed E-state index contributed by atoms with van der Waals surface area (Å²) < 4.78 is 0. The van der Waals surface area contributed by atoms with Crippen molar-refractivity contribution in [1.82, 2.24) is 4.98 Å². The fourth-order valence-corrected chi connectivity index (χ4v) is 7.91. The van der Waals surface area contributed by atoms with Crippen molar-refractivity contribution in [3.63, 3.8) is 0 Å². The molecule has 1 saturated carbocycles. The zero-order valence-electron chi connectivity index (χ0n) is 24.5. The number of benzene rings is 6. The van der Waals surface area contributed by atoms with Gasteiger partial charge < -0.3 is 4.90 Å². The lowest BCUT2D eigenvalue weighted by Gasteiger charge is -2.29. The Morgan fingerprint density at radius 1 is 0.500 bits per heavy atom. The monoisotopic (exact) mass is 564 g/mol. The molecule has 0 spiro atoms. The lowest BCUT2D eigenvalue weighted by atomic mass is 9.89. The third-order valence-corrected chi connectivity index (χ3v) is 9.93. The fraction of sp³-hybridized carbons (Fsp3) is 0.119. The Hall–Kier alpha value is -5.21. The van der Waals surface area contributed by atoms with Crippen LogP contribution in [0, 0.1) is 0 Å². The van der Waals surface area contributed by atoms with Gasteiger partial charge in [-0.15, -0.1) is 0 Å². The Morgan fingerprint density at radius 2 is 1.16 bits per heavy atom. The fourth-order valence-electron chi connectivity index (χ4n) is 7.91. The van der Waals surface area contributed by atoms with Crippen LogP contribution in [0.3, 0.4) is 0 Å². The van der Waals surface area contributed by atoms with E-state index in [0.29, 0.717) is 11.8 Å². The summed E-state index contributed by atoms with van der Waals surface area (Å²) in [6, 6.07) is 50.5. The summed E-state index contributed by atoms with van der Waals surface area (Å²) in [4.78, 5) is 7.57. The van der Waals surface area contributed by atoms with E-state index in [1.165, 1.54) is 63.2 Å². The highest BCUT2D eigenvalue weighted by molar-refractivity contribution is 6.12. The molecule has 1 aromatic heterocycles. The molecule has 2 heteroatoms. The minimum atomic E-state index is 0.693. The molecule has 0 amide bonds. The summed E-state index contributed by atoms with van der Waals surface area (Å²) in [7, 11) is 0. The number of nitrogens with zero attached hydrogens (tertiary/aromatic N) is 2. The Labute approximate surface area is 258 Å². The molecule has 2 bridgehead atoms. The molecule has 2 unspecified atom stereocenters. The van der Waals surface area contributed by atoms with Gasteiger partial charge in [-0.25, -0.2) is 0 Å². The van der Waals surface area contributed by atoms with Gasteiger partial charge in [0.1, 0.15) is 0 Å². The van der Waals surface area contributed by atoms with Crippen molar-refractivity contribution in [3.05, 3.63) is 157 Å². The van der Waals surface area contributed by atoms with Crippen LogP contribution in [0.5, 0.6) is 0 Å². The molecule has 0 N–H and O–H groups in total. The van der Waals surface area contributed by atoms with E-state index in [1.54, 1.807) is 5.56 Å². The zero-order valence-corrected chi connectivity index (χ0v) is 24.5. The van der Waals surface area contributed by atoms with Gasteiger partial charge in [0, 0.05) is 33.6 Å². The van der Waals surface area contributed by atoms with Crippen molar-refractivity contribution in [3.8, 4) is 22.3 Å². The highest BCUT2D eigenvalue weighted by Crippen LogP contribution is 2.55. The Kier molecular flexibility index (Phi) is 5.87. The van der Waals surface area contributed by atoms with Crippen molar-refractivity contribution in [2.45, 2.75) is 31.1 Å². The molecule has 0 radical (unpaired) electrons. The van der Waals surface area contributed by atoms with Crippen molar-refractivity contribution in [2.75, 3.05) is 4.90 Å². The number of aromatic nitrogens is 1. The van der Waals surface area contributed by atoms with Crippen molar-refractivity contribution in [2.24, 2.45) is 0 Å². The highest BCUT2D eigenvalue weighted by atomic mass is 15.1. The van der Waals surface area contributed by atoms with E-state index in [-0.39, 0.29) is 0 Å². The Balaban J connectivity index is 1.27. The number of rotatable bonds is 5. The molecule has 6 aromatic carbocycles. The third-order valence-electron chi connectivity index (χ3n) is 9.93. The summed E-state index contributed by atoms with van der Waals surface area (Å²) in [5, 5.41) is 3.78. The maximum absolute atomic E-state index is 5.14. The number of para-hydroxylation sites is 1. The second-order valence-corrected chi connectivity index (χ2v) is 12.3. The maximum atomic E-state index is 5.14. The van der Waals surface area contributed by atoms with E-state index in [1.807, 2.05) is 0 Å². The van der Waals surface area contributed by atoms with Crippen molar-refractivity contribution in [1.29, 1.82) is 0 Å². The highest BCUT2D eigenvalue weighted by Gasteiger charge is 2.38. The van der Waals surface area contributed by atoms with Gasteiger partial charge in [0.05, 0.1) is 16.9 Å². The molecule has 7 aromatic rings. The molecule has 0 saturated heterocycles. The zero-order chi connectivity index (χ0) is 29.0. The van der Waals surface area contributed by atoms with E-state index in [2.05, 4.69) is 151 Å². The molecule has 2 aliphatic rings. The van der Waals surface area contributed by atoms with E-state index in [9.17, 15) is 0 Å². The molecule has 2 atom stereocenters. The van der Waals surface area contributed by atoms with Crippen LogP contribution in [0.25, 0.3) is 43.9 Å². The molecule has 1 fully saturated rings. The number of anilines is 3. The van der Waals surface area contributed by atoms with Crippen LogP contribution in [0.4, 0.5) is 17.1 Å². The van der Waals surface area contributed by atoms with Crippen LogP contribution < -0.4 is 4.90 Å². The smallest absolute Gasteiger partial charge is 0.0784 e. The first-order valence-corrected chi connectivity index (χ1v) is 15.8. The SMILES string of the molecule is c1ccc(-c2ccc(N(c3ccccc3-c3ccccc3)c3cccc4c3ccc3c5c(cnc34)C3CCC5C3)cc2)cc1. The first-order valence-electron chi connectivity index (χ1n) is 15.8. The second-order valence-electron chi connectivity index (χ2n) is 12.3. The van der Waals surface area contributed by atoms with Gasteiger partial charge in [-0.1, -0.05) is 115 Å². The molecule has 210 valence electrons. The summed E-state index contributed by atoms with van der Waals surface area (Å²) >= 11 is 0. The van der Waals surface area contributed by atoms with E-state index < -0.39 is 0 Å². The standard InChI is InChI=1S/C42H32N2/c1-3-10-28(11-4-1)29-20-22-33(23-21-29)44(39-16-8-7-14-34(39)30-12-5-2-6-13-30)40-17-9-15-36-35(40)24-25-37-41-32-19-18-31(26-32)38(41)27-43-42(36)37/h1-17,20-25,27,31-32H,18-19,26H2. The van der Waals surface area contributed by atoms with Gasteiger partial charge in [-0.05, 0) is 83.2 Å². The molecular formula is C42H32N2. The summed E-state index contributed by atoms with van der Waals surface area (Å²) in [6.45, 7) is 0. The van der Waals surface area contributed by atoms with Crippen molar-refractivity contribution >= 4 is 38.7 Å². The van der Waals surface area contributed by atoms with E-state index in [0.717, 1.165) is 22.6 Å². The molecule has 44 heavy (non-hydrogen) atoms. The number of hydrogen-bond acceptors (Lipinski definition) is 2. The molecule has 2 nitrogen and oxygen atoms in total. The van der Waals surface area contributed by atoms with Crippen LogP contribution >= 0.6 is 0 Å². The Morgan fingerprint density at radius 3 is 1.98 bits per heavy atom. The molecule has 2 aliphatic carbocycles. The van der Waals surface area contributed by atoms with Gasteiger partial charge in [0.25, 0.3) is 0 Å². The van der Waals surface area contributed by atoms with Gasteiger partial charge in [-0.2, -0.15) is 0 Å². The predicted octanol–water partition coefficient (Wildman–Crippen LogP) is 11.6. The third kappa shape index (κ3) is 3.98. The average molecular weight is 565 g/mol. The Bertz CT molecular complexity index is 2150. The molecule has 1 heterocycles. The van der Waals surface area contributed by atoms with Crippen LogP contribution in [0.15, 0.2) is 146 Å². The van der Waals surface area contributed by atoms with Gasteiger partial charge >= 0.3 is 0 Å².